The molecule has 0 fully saturated rings. The number of hydrogen-bond donors (Lipinski definition) is 0. The van der Waals surface area contributed by atoms with Crippen molar-refractivity contribution < 1.29 is 9.53 Å². The molecule has 0 aliphatic carbocycles. The second kappa shape index (κ2) is 7.28. The monoisotopic (exact) mass is 274 g/mol. The smallest absolute Gasteiger partial charge is 0.143 e. The van der Waals surface area contributed by atoms with Gasteiger partial charge in [0.2, 0.25) is 0 Å². The van der Waals surface area contributed by atoms with Crippen molar-refractivity contribution in [3.63, 3.8) is 0 Å². The number of carbonyl (C=O) groups is 1. The number of hydrogen-bond acceptors (Lipinski definition) is 2. The summed E-state index contributed by atoms with van der Waals surface area (Å²) in [5.41, 5.74) is 4.49. The van der Waals surface area contributed by atoms with Gasteiger partial charge in [0.05, 0.1) is 6.61 Å². The van der Waals surface area contributed by atoms with E-state index in [0.29, 0.717) is 18.4 Å². The Morgan fingerprint density at radius 2 is 1.85 bits per heavy atom. The van der Waals surface area contributed by atoms with Crippen LogP contribution in [0.5, 0.6) is 5.75 Å². The lowest BCUT2D eigenvalue weighted by Crippen LogP contribution is -2.04. The number of carbonyl (C=O) groups excluding carboxylic acids is 1. The molecule has 2 heteroatoms. The largest absolute Gasteiger partial charge is 0.493 e. The molecule has 0 aromatic heterocycles. The average molecular weight is 274 g/mol. The predicted molar refractivity (Wildman–Crippen MR) is 85.5 cm³/mol. The highest BCUT2D eigenvalue weighted by Gasteiger charge is 2.17. The van der Waals surface area contributed by atoms with Gasteiger partial charge in [-0.2, -0.15) is 0 Å². The summed E-state index contributed by atoms with van der Waals surface area (Å²) >= 11 is 0. The Morgan fingerprint density at radius 3 is 2.30 bits per heavy atom. The normalized spacial score (nSPS) is 12.1. The maximum atomic E-state index is 10.8. The standard InChI is InChI=1S/C18H26O2/c1-7-20-18-16(13(4)5)10-15(12(2)3)11-17(18)14(6)8-9-19/h8-13H,7H2,1-6H3/b14-8-. The molecule has 0 unspecified atom stereocenters. The van der Waals surface area contributed by atoms with Crippen LogP contribution in [0.3, 0.4) is 0 Å². The zero-order valence-electron chi connectivity index (χ0n) is 13.5. The molecule has 0 atom stereocenters. The first kappa shape index (κ1) is 16.5. The molecule has 0 aliphatic heterocycles. The van der Waals surface area contributed by atoms with Crippen molar-refractivity contribution in [1.29, 1.82) is 0 Å². The van der Waals surface area contributed by atoms with Crippen LogP contribution in [-0.2, 0) is 4.79 Å². The van der Waals surface area contributed by atoms with Gasteiger partial charge in [0.1, 0.15) is 12.0 Å². The van der Waals surface area contributed by atoms with Crippen LogP contribution in [0.2, 0.25) is 0 Å². The van der Waals surface area contributed by atoms with E-state index in [-0.39, 0.29) is 0 Å². The molecular weight excluding hydrogens is 248 g/mol. The molecule has 0 aliphatic rings. The molecule has 2 nitrogen and oxygen atoms in total. The zero-order chi connectivity index (χ0) is 15.3. The van der Waals surface area contributed by atoms with Crippen molar-refractivity contribution in [3.05, 3.63) is 34.9 Å². The highest BCUT2D eigenvalue weighted by molar-refractivity contribution is 5.83. The molecule has 0 bridgehead atoms. The van der Waals surface area contributed by atoms with Gasteiger partial charge >= 0.3 is 0 Å². The van der Waals surface area contributed by atoms with E-state index in [1.54, 1.807) is 6.08 Å². The van der Waals surface area contributed by atoms with Crippen LogP contribution in [0.15, 0.2) is 18.2 Å². The van der Waals surface area contributed by atoms with Crippen molar-refractivity contribution in [1.82, 2.24) is 0 Å². The van der Waals surface area contributed by atoms with Crippen LogP contribution in [0.1, 0.15) is 70.1 Å². The Morgan fingerprint density at radius 1 is 1.20 bits per heavy atom. The lowest BCUT2D eigenvalue weighted by atomic mass is 9.89. The average Bonchev–Trinajstić information content (AvgIpc) is 2.38. The second-order valence-corrected chi connectivity index (χ2v) is 5.71. The van der Waals surface area contributed by atoms with Crippen LogP contribution in [0.25, 0.3) is 5.57 Å². The fourth-order valence-corrected chi connectivity index (χ4v) is 2.23. The fourth-order valence-electron chi connectivity index (χ4n) is 2.23. The van der Waals surface area contributed by atoms with E-state index < -0.39 is 0 Å². The molecule has 1 aromatic rings. The highest BCUT2D eigenvalue weighted by atomic mass is 16.5. The minimum absolute atomic E-state index is 0.387. The summed E-state index contributed by atoms with van der Waals surface area (Å²) in [5, 5.41) is 0. The molecule has 0 saturated carbocycles. The summed E-state index contributed by atoms with van der Waals surface area (Å²) in [7, 11) is 0. The summed E-state index contributed by atoms with van der Waals surface area (Å²) in [6.07, 6.45) is 2.44. The van der Waals surface area contributed by atoms with Gasteiger partial charge in [-0.15, -0.1) is 0 Å². The van der Waals surface area contributed by atoms with Gasteiger partial charge in [0, 0.05) is 5.56 Å². The van der Waals surface area contributed by atoms with Gasteiger partial charge in [-0.25, -0.2) is 0 Å². The zero-order valence-corrected chi connectivity index (χ0v) is 13.5. The highest BCUT2D eigenvalue weighted by Crippen LogP contribution is 2.37. The number of ether oxygens (including phenoxy) is 1. The van der Waals surface area contributed by atoms with E-state index in [1.165, 1.54) is 11.1 Å². The topological polar surface area (TPSA) is 26.3 Å². The van der Waals surface area contributed by atoms with Crippen LogP contribution >= 0.6 is 0 Å². The quantitative estimate of drug-likeness (QED) is 0.543. The van der Waals surface area contributed by atoms with E-state index in [0.717, 1.165) is 23.2 Å². The molecule has 0 heterocycles. The maximum Gasteiger partial charge on any atom is 0.143 e. The molecule has 0 amide bonds. The van der Waals surface area contributed by atoms with Crippen LogP contribution < -0.4 is 4.74 Å². The first-order chi connectivity index (χ1) is 9.42. The SMILES string of the molecule is CCOc1c(/C(C)=C\C=O)cc(C(C)C)cc1C(C)C. The molecule has 20 heavy (non-hydrogen) atoms. The second-order valence-electron chi connectivity index (χ2n) is 5.71. The summed E-state index contributed by atoms with van der Waals surface area (Å²) < 4.78 is 5.87. The third kappa shape index (κ3) is 3.72. The van der Waals surface area contributed by atoms with Crippen molar-refractivity contribution >= 4 is 11.9 Å². The van der Waals surface area contributed by atoms with Gasteiger partial charge in [-0.05, 0) is 54.5 Å². The van der Waals surface area contributed by atoms with E-state index in [9.17, 15) is 4.79 Å². The van der Waals surface area contributed by atoms with Crippen LogP contribution in [0.4, 0.5) is 0 Å². The number of rotatable bonds is 6. The van der Waals surface area contributed by atoms with Gasteiger partial charge in [-0.3, -0.25) is 4.79 Å². The lowest BCUT2D eigenvalue weighted by Gasteiger charge is -2.21. The van der Waals surface area contributed by atoms with Crippen molar-refractivity contribution in [2.45, 2.75) is 53.4 Å². The summed E-state index contributed by atoms with van der Waals surface area (Å²) in [6, 6.07) is 4.38. The first-order valence-corrected chi connectivity index (χ1v) is 7.35. The third-order valence-corrected chi connectivity index (χ3v) is 3.46. The minimum atomic E-state index is 0.387. The van der Waals surface area contributed by atoms with E-state index >= 15 is 0 Å². The number of allylic oxidation sites excluding steroid dienone is 2. The molecule has 0 radical (unpaired) electrons. The molecule has 1 rings (SSSR count). The Kier molecular flexibility index (Phi) is 6.00. The molecule has 0 N–H and O–H groups in total. The molecular formula is C18H26O2. The van der Waals surface area contributed by atoms with Crippen LogP contribution in [0, 0.1) is 0 Å². The number of aldehydes is 1. The predicted octanol–water partition coefficient (Wildman–Crippen LogP) is 4.93. The minimum Gasteiger partial charge on any atom is -0.493 e. The van der Waals surface area contributed by atoms with E-state index in [1.807, 2.05) is 13.8 Å². The van der Waals surface area contributed by atoms with Crippen molar-refractivity contribution in [2.75, 3.05) is 6.61 Å². The fraction of sp³-hybridized carbons (Fsp3) is 0.500. The first-order valence-electron chi connectivity index (χ1n) is 7.35. The molecule has 0 saturated heterocycles. The van der Waals surface area contributed by atoms with Gasteiger partial charge in [0.15, 0.2) is 0 Å². The Hall–Kier alpha value is -1.57. The summed E-state index contributed by atoms with van der Waals surface area (Å²) in [4.78, 5) is 10.8. The van der Waals surface area contributed by atoms with E-state index in [4.69, 9.17) is 4.74 Å². The van der Waals surface area contributed by atoms with E-state index in [2.05, 4.69) is 39.8 Å². The molecule has 110 valence electrons. The lowest BCUT2D eigenvalue weighted by molar-refractivity contribution is -0.104. The van der Waals surface area contributed by atoms with Gasteiger partial charge in [-0.1, -0.05) is 33.8 Å². The Balaban J connectivity index is 3.58. The third-order valence-electron chi connectivity index (χ3n) is 3.46. The van der Waals surface area contributed by atoms with Gasteiger partial charge < -0.3 is 4.74 Å². The van der Waals surface area contributed by atoms with Crippen molar-refractivity contribution in [3.8, 4) is 5.75 Å². The summed E-state index contributed by atoms with van der Waals surface area (Å²) in [6.45, 7) is 13.3. The number of benzene rings is 1. The van der Waals surface area contributed by atoms with Crippen LogP contribution in [-0.4, -0.2) is 12.9 Å². The van der Waals surface area contributed by atoms with Gasteiger partial charge in [0.25, 0.3) is 0 Å². The van der Waals surface area contributed by atoms with Crippen molar-refractivity contribution in [2.24, 2.45) is 0 Å². The molecule has 0 spiro atoms. The Labute approximate surface area is 122 Å². The Bertz CT molecular complexity index is 496. The maximum absolute atomic E-state index is 10.8. The summed E-state index contributed by atoms with van der Waals surface area (Å²) in [5.74, 6) is 1.76. The molecule has 1 aromatic carbocycles.